The van der Waals surface area contributed by atoms with E-state index >= 15 is 0 Å². The van der Waals surface area contributed by atoms with Gasteiger partial charge in [-0.2, -0.15) is 0 Å². The molecule has 0 N–H and O–H groups in total. The Morgan fingerprint density at radius 3 is 1.41 bits per heavy atom. The van der Waals surface area contributed by atoms with E-state index in [2.05, 4.69) is 87.5 Å². The first-order valence-corrected chi connectivity index (χ1v) is 9.92. The summed E-state index contributed by atoms with van der Waals surface area (Å²) in [5, 5.41) is 0. The molecular formula is C28H24O. The van der Waals surface area contributed by atoms with Crippen LogP contribution in [0, 0.1) is 20.8 Å². The third-order valence-electron chi connectivity index (χ3n) is 5.63. The third-order valence-corrected chi connectivity index (χ3v) is 5.63. The number of aryl methyl sites for hydroxylation is 3. The van der Waals surface area contributed by atoms with Gasteiger partial charge in [0.2, 0.25) is 0 Å². The maximum Gasteiger partial charge on any atom is 0.150 e. The van der Waals surface area contributed by atoms with E-state index in [1.807, 2.05) is 18.2 Å². The second-order valence-corrected chi connectivity index (χ2v) is 7.51. The summed E-state index contributed by atoms with van der Waals surface area (Å²) in [5.41, 5.74) is 11.0. The highest BCUT2D eigenvalue weighted by Crippen LogP contribution is 2.44. The van der Waals surface area contributed by atoms with Gasteiger partial charge in [0.1, 0.15) is 0 Å². The molecule has 0 aliphatic heterocycles. The van der Waals surface area contributed by atoms with E-state index in [0.29, 0.717) is 0 Å². The monoisotopic (exact) mass is 376 g/mol. The molecule has 0 unspecified atom stereocenters. The van der Waals surface area contributed by atoms with Crippen molar-refractivity contribution in [3.63, 3.8) is 0 Å². The smallest absolute Gasteiger partial charge is 0.150 e. The SMILES string of the molecule is Cc1ccccc1-c1ccc(C=O)c(-c2ccccc2C)c1-c1ccccc1C. The fourth-order valence-electron chi connectivity index (χ4n) is 4.09. The lowest BCUT2D eigenvalue weighted by Gasteiger charge is -2.21. The summed E-state index contributed by atoms with van der Waals surface area (Å²) in [7, 11) is 0. The van der Waals surface area contributed by atoms with Crippen LogP contribution in [0.2, 0.25) is 0 Å². The van der Waals surface area contributed by atoms with Gasteiger partial charge in [-0.25, -0.2) is 0 Å². The van der Waals surface area contributed by atoms with Gasteiger partial charge in [-0.05, 0) is 65.3 Å². The Bertz CT molecular complexity index is 1200. The Hall–Kier alpha value is -3.45. The van der Waals surface area contributed by atoms with Crippen LogP contribution in [0.3, 0.4) is 0 Å². The summed E-state index contributed by atoms with van der Waals surface area (Å²) in [5.74, 6) is 0. The highest BCUT2D eigenvalue weighted by molar-refractivity contribution is 6.03. The lowest BCUT2D eigenvalue weighted by molar-refractivity contribution is 0.112. The van der Waals surface area contributed by atoms with Crippen LogP contribution in [-0.2, 0) is 0 Å². The fraction of sp³-hybridized carbons (Fsp3) is 0.107. The second-order valence-electron chi connectivity index (χ2n) is 7.51. The van der Waals surface area contributed by atoms with Crippen LogP contribution in [0.4, 0.5) is 0 Å². The zero-order valence-electron chi connectivity index (χ0n) is 17.1. The molecule has 4 aromatic carbocycles. The highest BCUT2D eigenvalue weighted by Gasteiger charge is 2.20. The Balaban J connectivity index is 2.19. The van der Waals surface area contributed by atoms with Gasteiger partial charge in [-0.1, -0.05) is 84.9 Å². The normalized spacial score (nSPS) is 10.7. The van der Waals surface area contributed by atoms with E-state index in [9.17, 15) is 4.79 Å². The van der Waals surface area contributed by atoms with Crippen molar-refractivity contribution in [2.45, 2.75) is 20.8 Å². The number of benzene rings is 4. The number of carbonyl (C=O) groups excluding carboxylic acids is 1. The molecule has 0 aromatic heterocycles. The average molecular weight is 376 g/mol. The summed E-state index contributed by atoms with van der Waals surface area (Å²) < 4.78 is 0. The summed E-state index contributed by atoms with van der Waals surface area (Å²) in [6.07, 6.45) is 0.977. The summed E-state index contributed by atoms with van der Waals surface area (Å²) in [6.45, 7) is 6.37. The highest BCUT2D eigenvalue weighted by atomic mass is 16.1. The standard InChI is InChI=1S/C28H24O/c1-19-10-4-7-13-23(19)26-17-16-22(18-29)27(24-14-8-5-11-20(24)2)28(26)25-15-9-6-12-21(25)3/h4-18H,1-3H3. The molecule has 0 aliphatic carbocycles. The van der Waals surface area contributed by atoms with Crippen molar-refractivity contribution >= 4 is 6.29 Å². The molecule has 29 heavy (non-hydrogen) atoms. The van der Waals surface area contributed by atoms with Crippen LogP contribution in [0.1, 0.15) is 27.0 Å². The van der Waals surface area contributed by atoms with Gasteiger partial charge >= 0.3 is 0 Å². The van der Waals surface area contributed by atoms with Crippen molar-refractivity contribution in [2.24, 2.45) is 0 Å². The van der Waals surface area contributed by atoms with Gasteiger partial charge in [0.05, 0.1) is 0 Å². The van der Waals surface area contributed by atoms with Gasteiger partial charge in [0.25, 0.3) is 0 Å². The van der Waals surface area contributed by atoms with Crippen molar-refractivity contribution < 1.29 is 4.79 Å². The fourth-order valence-corrected chi connectivity index (χ4v) is 4.09. The molecule has 0 saturated heterocycles. The Labute approximate surface area is 172 Å². The first kappa shape index (κ1) is 18.9. The average Bonchev–Trinajstić information content (AvgIpc) is 2.74. The van der Waals surface area contributed by atoms with E-state index in [1.54, 1.807) is 0 Å². The largest absolute Gasteiger partial charge is 0.298 e. The minimum atomic E-state index is 0.717. The number of aldehydes is 1. The summed E-state index contributed by atoms with van der Waals surface area (Å²) in [4.78, 5) is 12.1. The molecule has 0 fully saturated rings. The van der Waals surface area contributed by atoms with Crippen molar-refractivity contribution in [3.8, 4) is 33.4 Å². The number of hydrogen-bond donors (Lipinski definition) is 0. The molecule has 4 aromatic rings. The Kier molecular flexibility index (Phi) is 5.14. The lowest BCUT2D eigenvalue weighted by Crippen LogP contribution is -1.99. The number of carbonyl (C=O) groups is 1. The first-order chi connectivity index (χ1) is 14.1. The number of rotatable bonds is 4. The Morgan fingerprint density at radius 2 is 0.931 bits per heavy atom. The predicted octanol–water partition coefficient (Wildman–Crippen LogP) is 7.43. The number of hydrogen-bond acceptors (Lipinski definition) is 1. The van der Waals surface area contributed by atoms with Crippen LogP contribution in [-0.4, -0.2) is 6.29 Å². The predicted molar refractivity (Wildman–Crippen MR) is 122 cm³/mol. The van der Waals surface area contributed by atoms with E-state index in [-0.39, 0.29) is 0 Å². The molecule has 0 amide bonds. The van der Waals surface area contributed by atoms with Gasteiger partial charge < -0.3 is 0 Å². The lowest BCUT2D eigenvalue weighted by atomic mass is 9.82. The van der Waals surface area contributed by atoms with Gasteiger partial charge in [0.15, 0.2) is 6.29 Å². The molecule has 0 heterocycles. The first-order valence-electron chi connectivity index (χ1n) is 9.92. The third kappa shape index (κ3) is 3.40. The molecule has 0 radical (unpaired) electrons. The van der Waals surface area contributed by atoms with Gasteiger partial charge in [-0.3, -0.25) is 4.79 Å². The van der Waals surface area contributed by atoms with E-state index in [0.717, 1.165) is 45.2 Å². The second kappa shape index (κ2) is 7.89. The summed E-state index contributed by atoms with van der Waals surface area (Å²) >= 11 is 0. The van der Waals surface area contributed by atoms with E-state index in [4.69, 9.17) is 0 Å². The van der Waals surface area contributed by atoms with Crippen LogP contribution in [0.5, 0.6) is 0 Å². The van der Waals surface area contributed by atoms with Gasteiger partial charge in [0, 0.05) is 11.1 Å². The molecule has 1 nitrogen and oxygen atoms in total. The Morgan fingerprint density at radius 1 is 0.483 bits per heavy atom. The van der Waals surface area contributed by atoms with Crippen molar-refractivity contribution in [1.29, 1.82) is 0 Å². The minimum absolute atomic E-state index is 0.717. The van der Waals surface area contributed by atoms with Crippen LogP contribution in [0.25, 0.3) is 33.4 Å². The van der Waals surface area contributed by atoms with Crippen LogP contribution in [0.15, 0.2) is 84.9 Å². The van der Waals surface area contributed by atoms with Crippen molar-refractivity contribution in [1.82, 2.24) is 0 Å². The van der Waals surface area contributed by atoms with Gasteiger partial charge in [-0.15, -0.1) is 0 Å². The molecule has 0 spiro atoms. The van der Waals surface area contributed by atoms with Crippen LogP contribution < -0.4 is 0 Å². The quantitative estimate of drug-likeness (QED) is 0.339. The molecule has 142 valence electrons. The molecule has 4 rings (SSSR count). The van der Waals surface area contributed by atoms with E-state index in [1.165, 1.54) is 16.7 Å². The molecule has 0 bridgehead atoms. The zero-order valence-corrected chi connectivity index (χ0v) is 17.1. The molecule has 0 saturated carbocycles. The maximum absolute atomic E-state index is 12.1. The summed E-state index contributed by atoms with van der Waals surface area (Å²) in [6, 6.07) is 29.2. The van der Waals surface area contributed by atoms with Crippen LogP contribution >= 0.6 is 0 Å². The molecule has 0 aliphatic rings. The minimum Gasteiger partial charge on any atom is -0.298 e. The zero-order chi connectivity index (χ0) is 20.4. The molecule has 0 atom stereocenters. The van der Waals surface area contributed by atoms with Crippen molar-refractivity contribution in [2.75, 3.05) is 0 Å². The maximum atomic E-state index is 12.1. The topological polar surface area (TPSA) is 17.1 Å². The molecule has 1 heteroatoms. The van der Waals surface area contributed by atoms with Crippen molar-refractivity contribution in [3.05, 3.63) is 107 Å². The van der Waals surface area contributed by atoms with E-state index < -0.39 is 0 Å². The molecular weight excluding hydrogens is 352 g/mol.